The van der Waals surface area contributed by atoms with E-state index >= 15 is 0 Å². The molecule has 4 nitrogen and oxygen atoms in total. The van der Waals surface area contributed by atoms with Crippen molar-refractivity contribution in [1.82, 2.24) is 10.6 Å². The Bertz CT molecular complexity index is 439. The van der Waals surface area contributed by atoms with Crippen LogP contribution in [-0.4, -0.2) is 25.7 Å². The molecule has 0 spiro atoms. The summed E-state index contributed by atoms with van der Waals surface area (Å²) in [7, 11) is 1.82. The molecule has 4 heteroatoms. The van der Waals surface area contributed by atoms with Crippen molar-refractivity contribution in [2.24, 2.45) is 4.99 Å². The maximum atomic E-state index is 5.51. The van der Waals surface area contributed by atoms with Crippen molar-refractivity contribution < 1.29 is 4.74 Å². The Morgan fingerprint density at radius 1 is 1.35 bits per heavy atom. The molecule has 0 heterocycles. The molecule has 0 atom stereocenters. The van der Waals surface area contributed by atoms with Gasteiger partial charge in [0.2, 0.25) is 0 Å². The first-order valence-electron chi connectivity index (χ1n) is 7.50. The molecular weight excluding hydrogens is 250 g/mol. The molecule has 1 aromatic rings. The summed E-state index contributed by atoms with van der Waals surface area (Å²) < 4.78 is 5.51. The molecular formula is C16H25N3O. The fourth-order valence-corrected chi connectivity index (χ4v) is 2.56. The SMILES string of the molecule is CCOc1cccc(CNC(=NC)NC2CCCC2)c1. The predicted octanol–water partition coefficient (Wildman–Crippen LogP) is 2.69. The second-order valence-electron chi connectivity index (χ2n) is 5.13. The molecule has 1 saturated carbocycles. The summed E-state index contributed by atoms with van der Waals surface area (Å²) in [5.74, 6) is 1.81. The highest BCUT2D eigenvalue weighted by Gasteiger charge is 2.15. The molecule has 1 aliphatic carbocycles. The summed E-state index contributed by atoms with van der Waals surface area (Å²) >= 11 is 0. The van der Waals surface area contributed by atoms with Crippen molar-refractivity contribution in [3.8, 4) is 5.75 Å². The van der Waals surface area contributed by atoms with E-state index in [1.165, 1.54) is 31.2 Å². The predicted molar refractivity (Wildman–Crippen MR) is 83.2 cm³/mol. The lowest BCUT2D eigenvalue weighted by Crippen LogP contribution is -2.41. The number of benzene rings is 1. The monoisotopic (exact) mass is 275 g/mol. The summed E-state index contributed by atoms with van der Waals surface area (Å²) in [6, 6.07) is 8.75. The van der Waals surface area contributed by atoms with Crippen LogP contribution in [0.15, 0.2) is 29.3 Å². The van der Waals surface area contributed by atoms with Gasteiger partial charge in [-0.3, -0.25) is 4.99 Å². The summed E-state index contributed by atoms with van der Waals surface area (Å²) in [6.45, 7) is 3.45. The van der Waals surface area contributed by atoms with Crippen molar-refractivity contribution >= 4 is 5.96 Å². The van der Waals surface area contributed by atoms with E-state index in [1.807, 2.05) is 26.1 Å². The molecule has 0 unspecified atom stereocenters. The van der Waals surface area contributed by atoms with Gasteiger partial charge in [0, 0.05) is 19.6 Å². The first kappa shape index (κ1) is 14.7. The van der Waals surface area contributed by atoms with Gasteiger partial charge in [0.1, 0.15) is 5.75 Å². The highest BCUT2D eigenvalue weighted by molar-refractivity contribution is 5.79. The number of nitrogens with zero attached hydrogens (tertiary/aromatic N) is 1. The number of hydrogen-bond acceptors (Lipinski definition) is 2. The number of rotatable bonds is 5. The number of aliphatic imine (C=N–C) groups is 1. The summed E-state index contributed by atoms with van der Waals surface area (Å²) in [4.78, 5) is 4.29. The molecule has 1 aliphatic rings. The minimum absolute atomic E-state index is 0.580. The molecule has 0 amide bonds. The number of nitrogens with one attached hydrogen (secondary N) is 2. The van der Waals surface area contributed by atoms with E-state index in [0.29, 0.717) is 12.6 Å². The lowest BCUT2D eigenvalue weighted by atomic mass is 10.2. The third-order valence-electron chi connectivity index (χ3n) is 3.59. The lowest BCUT2D eigenvalue weighted by Gasteiger charge is -2.17. The Morgan fingerprint density at radius 2 is 2.15 bits per heavy atom. The second kappa shape index (κ2) is 7.78. The molecule has 0 aliphatic heterocycles. The van der Waals surface area contributed by atoms with Crippen molar-refractivity contribution in [3.63, 3.8) is 0 Å². The Balaban J connectivity index is 1.84. The average Bonchev–Trinajstić information content (AvgIpc) is 2.97. The second-order valence-corrected chi connectivity index (χ2v) is 5.13. The van der Waals surface area contributed by atoms with E-state index in [9.17, 15) is 0 Å². The van der Waals surface area contributed by atoms with E-state index in [-0.39, 0.29) is 0 Å². The third-order valence-corrected chi connectivity index (χ3v) is 3.59. The van der Waals surface area contributed by atoms with Crippen LogP contribution in [0.5, 0.6) is 5.75 Å². The first-order chi connectivity index (χ1) is 9.81. The Kier molecular flexibility index (Phi) is 5.71. The molecule has 1 aromatic carbocycles. The van der Waals surface area contributed by atoms with Gasteiger partial charge in [0.15, 0.2) is 5.96 Å². The fraction of sp³-hybridized carbons (Fsp3) is 0.562. The number of guanidine groups is 1. The number of hydrogen-bond donors (Lipinski definition) is 2. The van der Waals surface area contributed by atoms with E-state index in [4.69, 9.17) is 4.74 Å². The average molecular weight is 275 g/mol. The zero-order valence-electron chi connectivity index (χ0n) is 12.5. The van der Waals surface area contributed by atoms with Gasteiger partial charge in [-0.1, -0.05) is 25.0 Å². The molecule has 2 rings (SSSR count). The van der Waals surface area contributed by atoms with Gasteiger partial charge in [-0.2, -0.15) is 0 Å². The van der Waals surface area contributed by atoms with E-state index < -0.39 is 0 Å². The van der Waals surface area contributed by atoms with Crippen molar-refractivity contribution in [2.75, 3.05) is 13.7 Å². The maximum Gasteiger partial charge on any atom is 0.191 e. The molecule has 0 saturated heterocycles. The molecule has 1 fully saturated rings. The van der Waals surface area contributed by atoms with Crippen LogP contribution in [0.4, 0.5) is 0 Å². The van der Waals surface area contributed by atoms with Gasteiger partial charge in [0.25, 0.3) is 0 Å². The standard InChI is InChI=1S/C16H25N3O/c1-3-20-15-10-6-7-13(11-15)12-18-16(17-2)19-14-8-4-5-9-14/h6-7,10-11,14H,3-5,8-9,12H2,1-2H3,(H2,17,18,19). The van der Waals surface area contributed by atoms with Crippen LogP contribution in [0.2, 0.25) is 0 Å². The molecule has 2 N–H and O–H groups in total. The van der Waals surface area contributed by atoms with Gasteiger partial charge < -0.3 is 15.4 Å². The molecule has 0 radical (unpaired) electrons. The minimum atomic E-state index is 0.580. The van der Waals surface area contributed by atoms with Crippen molar-refractivity contribution in [3.05, 3.63) is 29.8 Å². The zero-order valence-corrected chi connectivity index (χ0v) is 12.5. The normalized spacial score (nSPS) is 16.2. The van der Waals surface area contributed by atoms with Crippen molar-refractivity contribution in [1.29, 1.82) is 0 Å². The molecule has 110 valence electrons. The van der Waals surface area contributed by atoms with Crippen molar-refractivity contribution in [2.45, 2.75) is 45.2 Å². The van der Waals surface area contributed by atoms with Crippen LogP contribution >= 0.6 is 0 Å². The van der Waals surface area contributed by atoms with Gasteiger partial charge in [-0.25, -0.2) is 0 Å². The van der Waals surface area contributed by atoms with Crippen LogP contribution in [0.1, 0.15) is 38.2 Å². The van der Waals surface area contributed by atoms with E-state index in [0.717, 1.165) is 18.3 Å². The maximum absolute atomic E-state index is 5.51. The molecule has 20 heavy (non-hydrogen) atoms. The van der Waals surface area contributed by atoms with Crippen LogP contribution in [0, 0.1) is 0 Å². The summed E-state index contributed by atoms with van der Waals surface area (Å²) in [6.07, 6.45) is 5.15. The molecule has 0 aromatic heterocycles. The van der Waals surface area contributed by atoms with E-state index in [1.54, 1.807) is 0 Å². The quantitative estimate of drug-likeness (QED) is 0.641. The Hall–Kier alpha value is -1.71. The Morgan fingerprint density at radius 3 is 2.85 bits per heavy atom. The Labute approximate surface area is 121 Å². The van der Waals surface area contributed by atoms with Gasteiger partial charge in [0.05, 0.1) is 6.61 Å². The number of ether oxygens (including phenoxy) is 1. The smallest absolute Gasteiger partial charge is 0.191 e. The lowest BCUT2D eigenvalue weighted by molar-refractivity contribution is 0.340. The summed E-state index contributed by atoms with van der Waals surface area (Å²) in [5.41, 5.74) is 1.20. The van der Waals surface area contributed by atoms with Crippen LogP contribution < -0.4 is 15.4 Å². The van der Waals surface area contributed by atoms with Crippen LogP contribution in [-0.2, 0) is 6.54 Å². The first-order valence-corrected chi connectivity index (χ1v) is 7.50. The van der Waals surface area contributed by atoms with Gasteiger partial charge >= 0.3 is 0 Å². The molecule has 0 bridgehead atoms. The van der Waals surface area contributed by atoms with Crippen LogP contribution in [0.25, 0.3) is 0 Å². The highest BCUT2D eigenvalue weighted by atomic mass is 16.5. The summed E-state index contributed by atoms with van der Waals surface area (Å²) in [5, 5.41) is 6.85. The van der Waals surface area contributed by atoms with E-state index in [2.05, 4.69) is 27.8 Å². The van der Waals surface area contributed by atoms with Gasteiger partial charge in [-0.15, -0.1) is 0 Å². The fourth-order valence-electron chi connectivity index (χ4n) is 2.56. The minimum Gasteiger partial charge on any atom is -0.494 e. The third kappa shape index (κ3) is 4.44. The van der Waals surface area contributed by atoms with Crippen LogP contribution in [0.3, 0.4) is 0 Å². The highest BCUT2D eigenvalue weighted by Crippen LogP contribution is 2.17. The topological polar surface area (TPSA) is 45.6 Å². The largest absolute Gasteiger partial charge is 0.494 e. The van der Waals surface area contributed by atoms with Gasteiger partial charge in [-0.05, 0) is 37.5 Å². The zero-order chi connectivity index (χ0) is 14.2.